The van der Waals surface area contributed by atoms with Gasteiger partial charge in [-0.1, -0.05) is 0 Å². The van der Waals surface area contributed by atoms with Crippen LogP contribution in [0.5, 0.6) is 0 Å². The van der Waals surface area contributed by atoms with Crippen LogP contribution in [0.2, 0.25) is 0 Å². The van der Waals surface area contributed by atoms with E-state index in [9.17, 15) is 4.79 Å². The maximum Gasteiger partial charge on any atom is 0.337 e. The van der Waals surface area contributed by atoms with Crippen LogP contribution in [0, 0.1) is 0 Å². The summed E-state index contributed by atoms with van der Waals surface area (Å²) in [6.07, 6.45) is 3.40. The summed E-state index contributed by atoms with van der Waals surface area (Å²) in [5, 5.41) is 10.9. The number of hydrogen-bond donors (Lipinski definition) is 1. The molecule has 0 radical (unpaired) electrons. The van der Waals surface area contributed by atoms with Crippen molar-refractivity contribution in [2.75, 3.05) is 0 Å². The van der Waals surface area contributed by atoms with Crippen LogP contribution in [-0.2, 0) is 0 Å². The Morgan fingerprint density at radius 3 is 2.89 bits per heavy atom. The molecule has 0 amide bonds. The summed E-state index contributed by atoms with van der Waals surface area (Å²) in [4.78, 5) is 16.4. The molecule has 3 aromatic heterocycles. The first kappa shape index (κ1) is 11.4. The van der Waals surface area contributed by atoms with E-state index in [4.69, 9.17) is 5.11 Å². The highest BCUT2D eigenvalue weighted by Gasteiger charge is 2.09. The molecule has 3 rings (SSSR count). The molecule has 4 nitrogen and oxygen atoms in total. The minimum absolute atomic E-state index is 0.249. The summed E-state index contributed by atoms with van der Waals surface area (Å²) in [6.45, 7) is 0. The Labute approximate surface area is 115 Å². The molecule has 0 aliphatic heterocycles. The smallest absolute Gasteiger partial charge is 0.337 e. The van der Waals surface area contributed by atoms with E-state index >= 15 is 0 Å². The third kappa shape index (κ3) is 1.93. The highest BCUT2D eigenvalue weighted by molar-refractivity contribution is 9.10. The zero-order valence-corrected chi connectivity index (χ0v) is 11.4. The summed E-state index contributed by atoms with van der Waals surface area (Å²) < 4.78 is 2.75. The van der Waals surface area contributed by atoms with Crippen LogP contribution >= 0.6 is 27.3 Å². The summed E-state index contributed by atoms with van der Waals surface area (Å²) in [6, 6.07) is 5.25. The Morgan fingerprint density at radius 2 is 2.22 bits per heavy atom. The lowest BCUT2D eigenvalue weighted by Gasteiger charge is -1.95. The molecule has 18 heavy (non-hydrogen) atoms. The molecule has 90 valence electrons. The van der Waals surface area contributed by atoms with Crippen molar-refractivity contribution in [1.82, 2.24) is 9.38 Å². The second-order valence-corrected chi connectivity index (χ2v) is 5.57. The number of rotatable bonds is 2. The van der Waals surface area contributed by atoms with Crippen molar-refractivity contribution < 1.29 is 9.90 Å². The number of carboxylic acid groups (broad SMARTS) is 1. The number of aromatic carboxylic acids is 1. The lowest BCUT2D eigenvalue weighted by molar-refractivity contribution is 0.0696. The lowest BCUT2D eigenvalue weighted by Crippen LogP contribution is -1.97. The monoisotopic (exact) mass is 322 g/mol. The number of halogens is 1. The normalized spacial score (nSPS) is 10.9. The first-order valence-corrected chi connectivity index (χ1v) is 6.77. The van der Waals surface area contributed by atoms with Crippen molar-refractivity contribution >= 4 is 38.9 Å². The molecule has 0 unspecified atom stereocenters. The van der Waals surface area contributed by atoms with Gasteiger partial charge >= 0.3 is 5.97 Å². The van der Waals surface area contributed by atoms with Gasteiger partial charge < -0.3 is 9.51 Å². The molecule has 6 heteroatoms. The predicted octanol–water partition coefficient (Wildman–Crippen LogP) is 3.52. The second-order valence-electron chi connectivity index (χ2n) is 3.74. The van der Waals surface area contributed by atoms with Crippen LogP contribution in [0.3, 0.4) is 0 Å². The van der Waals surface area contributed by atoms with E-state index in [1.54, 1.807) is 34.1 Å². The van der Waals surface area contributed by atoms with E-state index in [-0.39, 0.29) is 5.56 Å². The van der Waals surface area contributed by atoms with Crippen molar-refractivity contribution in [3.63, 3.8) is 0 Å². The molecular formula is C12H7BrN2O2S. The van der Waals surface area contributed by atoms with Crippen LogP contribution < -0.4 is 0 Å². The van der Waals surface area contributed by atoms with Crippen LogP contribution in [0.1, 0.15) is 10.4 Å². The van der Waals surface area contributed by atoms with E-state index in [0.717, 1.165) is 20.7 Å². The minimum atomic E-state index is -0.939. The molecule has 1 N–H and O–H groups in total. The van der Waals surface area contributed by atoms with Crippen molar-refractivity contribution in [1.29, 1.82) is 0 Å². The summed E-state index contributed by atoms with van der Waals surface area (Å²) in [7, 11) is 0. The number of nitrogens with zero attached hydrogens (tertiary/aromatic N) is 2. The van der Waals surface area contributed by atoms with Gasteiger partial charge in [0.1, 0.15) is 5.65 Å². The van der Waals surface area contributed by atoms with Crippen LogP contribution in [0.4, 0.5) is 0 Å². The Bertz CT molecular complexity index is 747. The molecule has 0 saturated heterocycles. The number of fused-ring (bicyclic) bond motifs is 1. The molecule has 0 bridgehead atoms. The molecule has 0 aliphatic rings. The summed E-state index contributed by atoms with van der Waals surface area (Å²) in [5.41, 5.74) is 1.83. The third-order valence-corrected chi connectivity index (χ3v) is 4.23. The van der Waals surface area contributed by atoms with Crippen molar-refractivity contribution in [2.24, 2.45) is 0 Å². The number of hydrogen-bond acceptors (Lipinski definition) is 3. The van der Waals surface area contributed by atoms with Gasteiger partial charge in [0, 0.05) is 22.2 Å². The third-order valence-electron chi connectivity index (χ3n) is 2.52. The SMILES string of the molecule is O=C(O)c1ccc2nc(-c3cc(Br)cs3)cn2c1. The zero-order valence-electron chi connectivity index (χ0n) is 9.00. The van der Waals surface area contributed by atoms with Gasteiger partial charge in [-0.05, 0) is 34.1 Å². The Kier molecular flexibility index (Phi) is 2.68. The predicted molar refractivity (Wildman–Crippen MR) is 73.2 cm³/mol. The fourth-order valence-corrected chi connectivity index (χ4v) is 3.07. The van der Waals surface area contributed by atoms with Crippen molar-refractivity contribution in [2.45, 2.75) is 0 Å². The quantitative estimate of drug-likeness (QED) is 0.785. The van der Waals surface area contributed by atoms with Gasteiger partial charge in [0.25, 0.3) is 0 Å². The lowest BCUT2D eigenvalue weighted by atomic mass is 10.3. The van der Waals surface area contributed by atoms with Gasteiger partial charge in [0.15, 0.2) is 0 Å². The van der Waals surface area contributed by atoms with E-state index in [2.05, 4.69) is 20.9 Å². The van der Waals surface area contributed by atoms with E-state index < -0.39 is 5.97 Å². The maximum atomic E-state index is 10.9. The highest BCUT2D eigenvalue weighted by atomic mass is 79.9. The van der Waals surface area contributed by atoms with Gasteiger partial charge in [-0.2, -0.15) is 0 Å². The number of carboxylic acids is 1. The zero-order chi connectivity index (χ0) is 12.7. The van der Waals surface area contributed by atoms with E-state index in [1.165, 1.54) is 0 Å². The van der Waals surface area contributed by atoms with Crippen LogP contribution in [0.15, 0.2) is 40.4 Å². The fraction of sp³-hybridized carbons (Fsp3) is 0. The Morgan fingerprint density at radius 1 is 1.39 bits per heavy atom. The molecule has 3 heterocycles. The van der Waals surface area contributed by atoms with Gasteiger partial charge in [-0.25, -0.2) is 9.78 Å². The average molecular weight is 323 g/mol. The van der Waals surface area contributed by atoms with Gasteiger partial charge in [0.2, 0.25) is 0 Å². The van der Waals surface area contributed by atoms with Crippen LogP contribution in [0.25, 0.3) is 16.2 Å². The standard InChI is InChI=1S/C12H7BrN2O2S/c13-8-3-10(18-6-8)9-5-15-4-7(12(16)17)1-2-11(15)14-9/h1-6H,(H,16,17). The number of carbonyl (C=O) groups is 1. The number of thiophene rings is 1. The molecule has 0 fully saturated rings. The van der Waals surface area contributed by atoms with E-state index in [1.807, 2.05) is 17.6 Å². The van der Waals surface area contributed by atoms with Crippen molar-refractivity contribution in [3.05, 3.63) is 46.0 Å². The number of imidazole rings is 1. The summed E-state index contributed by atoms with van der Waals surface area (Å²) >= 11 is 4.99. The highest BCUT2D eigenvalue weighted by Crippen LogP contribution is 2.29. The van der Waals surface area contributed by atoms with Gasteiger partial charge in [-0.3, -0.25) is 0 Å². The number of pyridine rings is 1. The first-order chi connectivity index (χ1) is 8.63. The van der Waals surface area contributed by atoms with Gasteiger partial charge in [0.05, 0.1) is 16.1 Å². The minimum Gasteiger partial charge on any atom is -0.478 e. The molecular weight excluding hydrogens is 316 g/mol. The maximum absolute atomic E-state index is 10.9. The molecule has 3 aromatic rings. The molecule has 0 aliphatic carbocycles. The number of aromatic nitrogens is 2. The van der Waals surface area contributed by atoms with Gasteiger partial charge in [-0.15, -0.1) is 11.3 Å². The molecule has 0 spiro atoms. The second kappa shape index (κ2) is 4.22. The average Bonchev–Trinajstić information content (AvgIpc) is 2.93. The fourth-order valence-electron chi connectivity index (χ4n) is 1.68. The van der Waals surface area contributed by atoms with E-state index in [0.29, 0.717) is 0 Å². The molecule has 0 saturated carbocycles. The topological polar surface area (TPSA) is 54.6 Å². The summed E-state index contributed by atoms with van der Waals surface area (Å²) in [5.74, 6) is -0.939. The molecule has 0 aromatic carbocycles. The Balaban J connectivity index is 2.13. The Hall–Kier alpha value is -1.66. The first-order valence-electron chi connectivity index (χ1n) is 5.10. The largest absolute Gasteiger partial charge is 0.478 e. The molecule has 0 atom stereocenters. The van der Waals surface area contributed by atoms with Crippen LogP contribution in [-0.4, -0.2) is 20.5 Å². The van der Waals surface area contributed by atoms with Crippen molar-refractivity contribution in [3.8, 4) is 10.6 Å².